The fraction of sp³-hybridized carbons (Fsp3) is 0.879. The molecule has 1 saturated heterocycles. The van der Waals surface area contributed by atoms with E-state index < -0.39 is 33.7 Å². The molecule has 0 aromatic rings. The summed E-state index contributed by atoms with van der Waals surface area (Å²) in [6, 6.07) is -0.720. The Balaban J connectivity index is 2.78. The molecule has 0 radical (unpaired) electrons. The van der Waals surface area contributed by atoms with Gasteiger partial charge < -0.3 is 28.1 Å². The van der Waals surface area contributed by atoms with E-state index >= 15 is 0 Å². The molecule has 2 aliphatic rings. The van der Waals surface area contributed by atoms with Gasteiger partial charge in [-0.25, -0.2) is 4.79 Å². The second-order valence-electron chi connectivity index (χ2n) is 16.6. The number of carbonyl (C=O) groups excluding carboxylic acids is 2. The Labute approximate surface area is 265 Å². The molecule has 1 amide bonds. The van der Waals surface area contributed by atoms with Gasteiger partial charge in [0.15, 0.2) is 8.32 Å². The van der Waals surface area contributed by atoms with E-state index in [1.807, 2.05) is 34.9 Å². The van der Waals surface area contributed by atoms with Crippen LogP contribution in [0, 0.1) is 11.3 Å². The lowest BCUT2D eigenvalue weighted by atomic mass is 9.65. The summed E-state index contributed by atoms with van der Waals surface area (Å²) < 4.78 is 25.6. The SMILES string of the molecule is COC(=O)[C@]12CN(C(=O)OC(C)(C)C)[C@H](CO[Si](C(C)C)(C(C)C)C(C)C)[C@H]1CC(O[Si](C)(C)C(C)(C)C)=C[C@H]2N(C)C. The first-order valence-electron chi connectivity index (χ1n) is 16.2. The number of esters is 1. The molecule has 0 bridgehead atoms. The number of hydrogen-bond donors (Lipinski definition) is 0. The van der Waals surface area contributed by atoms with Crippen LogP contribution in [-0.4, -0.2) is 90.5 Å². The van der Waals surface area contributed by atoms with Gasteiger partial charge in [0.1, 0.15) is 11.0 Å². The average Bonchev–Trinajstić information content (AvgIpc) is 3.16. The standard InChI is InChI=1S/C33H64N2O6Si2/c1-22(2)43(23(3)4,24(5)6)39-20-27-26-18-25(41-42(16,17)32(10,11)12)19-28(34(13)14)33(26,29(36)38-15)21-35(27)30(37)40-31(7,8)9/h19,22-24,26-28H,18,20-21H2,1-17H3/t26-,27-,28-,33-/m1/s1. The molecule has 0 aromatic heterocycles. The van der Waals surface area contributed by atoms with Gasteiger partial charge in [-0.05, 0) is 75.7 Å². The van der Waals surface area contributed by atoms with Crippen molar-refractivity contribution < 1.29 is 27.9 Å². The smallest absolute Gasteiger partial charge is 0.410 e. The topological polar surface area (TPSA) is 77.5 Å². The van der Waals surface area contributed by atoms with E-state index in [1.165, 1.54) is 7.11 Å². The molecule has 4 atom stereocenters. The second-order valence-corrected chi connectivity index (χ2v) is 26.7. The van der Waals surface area contributed by atoms with Crippen LogP contribution in [0.15, 0.2) is 11.8 Å². The molecule has 1 heterocycles. The third-order valence-electron chi connectivity index (χ3n) is 10.4. The Morgan fingerprint density at radius 2 is 1.51 bits per heavy atom. The molecule has 43 heavy (non-hydrogen) atoms. The van der Waals surface area contributed by atoms with Crippen molar-refractivity contribution in [2.75, 3.05) is 34.4 Å². The zero-order valence-electron chi connectivity index (χ0n) is 30.5. The fourth-order valence-electron chi connectivity index (χ4n) is 7.47. The summed E-state index contributed by atoms with van der Waals surface area (Å²) in [7, 11) is 0.942. The summed E-state index contributed by atoms with van der Waals surface area (Å²) >= 11 is 0. The number of carbonyl (C=O) groups is 2. The van der Waals surface area contributed by atoms with E-state index in [-0.39, 0.29) is 35.6 Å². The van der Waals surface area contributed by atoms with Gasteiger partial charge in [0, 0.05) is 24.9 Å². The molecule has 0 aromatic carbocycles. The number of likely N-dealkylation sites (tertiary alicyclic amines) is 1. The maximum Gasteiger partial charge on any atom is 0.410 e. The van der Waals surface area contributed by atoms with Crippen molar-refractivity contribution >= 4 is 28.7 Å². The summed E-state index contributed by atoms with van der Waals surface area (Å²) in [5.74, 6) is 0.309. The average molecular weight is 641 g/mol. The van der Waals surface area contributed by atoms with Crippen LogP contribution in [0.25, 0.3) is 0 Å². The Morgan fingerprint density at radius 1 is 1.00 bits per heavy atom. The van der Waals surface area contributed by atoms with Gasteiger partial charge in [-0.2, -0.15) is 0 Å². The third kappa shape index (κ3) is 7.38. The van der Waals surface area contributed by atoms with Gasteiger partial charge in [-0.15, -0.1) is 0 Å². The Hall–Kier alpha value is -1.37. The first-order valence-corrected chi connectivity index (χ1v) is 21.2. The Morgan fingerprint density at radius 3 is 1.91 bits per heavy atom. The van der Waals surface area contributed by atoms with Crippen LogP contribution in [0.3, 0.4) is 0 Å². The number of hydrogen-bond acceptors (Lipinski definition) is 7. The zero-order valence-corrected chi connectivity index (χ0v) is 32.5. The number of rotatable bonds is 10. The van der Waals surface area contributed by atoms with Crippen LogP contribution >= 0.6 is 0 Å². The largest absolute Gasteiger partial charge is 0.547 e. The molecule has 8 nitrogen and oxygen atoms in total. The van der Waals surface area contributed by atoms with Gasteiger partial charge >= 0.3 is 12.1 Å². The number of methoxy groups -OCH3 is 1. The number of likely N-dealkylation sites (N-methyl/N-ethyl adjacent to an activating group) is 1. The minimum Gasteiger partial charge on any atom is -0.547 e. The van der Waals surface area contributed by atoms with Crippen molar-refractivity contribution in [3.63, 3.8) is 0 Å². The van der Waals surface area contributed by atoms with Gasteiger partial charge in [0.2, 0.25) is 8.32 Å². The number of amides is 1. The lowest BCUT2D eigenvalue weighted by Crippen LogP contribution is -2.57. The molecule has 1 fully saturated rings. The lowest BCUT2D eigenvalue weighted by molar-refractivity contribution is -0.159. The molecule has 0 N–H and O–H groups in total. The number of fused-ring (bicyclic) bond motifs is 1. The molecule has 0 saturated carbocycles. The quantitative estimate of drug-likeness (QED) is 0.178. The predicted molar refractivity (Wildman–Crippen MR) is 180 cm³/mol. The fourth-order valence-corrected chi connectivity index (χ4v) is 14.0. The van der Waals surface area contributed by atoms with Crippen LogP contribution in [0.5, 0.6) is 0 Å². The van der Waals surface area contributed by atoms with Gasteiger partial charge in [-0.1, -0.05) is 62.3 Å². The van der Waals surface area contributed by atoms with Crippen molar-refractivity contribution in [2.24, 2.45) is 11.3 Å². The summed E-state index contributed by atoms with van der Waals surface area (Å²) in [6.45, 7) is 30.9. The van der Waals surface area contributed by atoms with E-state index in [4.69, 9.17) is 18.3 Å². The van der Waals surface area contributed by atoms with Crippen LogP contribution in [0.2, 0.25) is 34.8 Å². The normalized spacial score (nSPS) is 25.4. The van der Waals surface area contributed by atoms with E-state index in [2.05, 4.69) is 86.4 Å². The molecule has 2 rings (SSSR count). The highest BCUT2D eigenvalue weighted by Crippen LogP contribution is 2.54. The van der Waals surface area contributed by atoms with Crippen molar-refractivity contribution in [1.29, 1.82) is 0 Å². The van der Waals surface area contributed by atoms with Crippen LogP contribution in [0.4, 0.5) is 4.79 Å². The Bertz CT molecular complexity index is 1010. The van der Waals surface area contributed by atoms with E-state index in [0.29, 0.717) is 29.7 Å². The number of ether oxygens (including phenoxy) is 2. The highest BCUT2D eigenvalue weighted by Gasteiger charge is 2.65. The van der Waals surface area contributed by atoms with Crippen LogP contribution < -0.4 is 0 Å². The van der Waals surface area contributed by atoms with E-state index in [1.54, 1.807) is 4.90 Å². The minimum atomic E-state index is -2.29. The second kappa shape index (κ2) is 13.2. The lowest BCUT2D eigenvalue weighted by Gasteiger charge is -2.47. The van der Waals surface area contributed by atoms with Crippen molar-refractivity contribution in [2.45, 2.75) is 142 Å². The molecular formula is C33H64N2O6Si2. The number of nitrogens with zero attached hydrogens (tertiary/aromatic N) is 2. The predicted octanol–water partition coefficient (Wildman–Crippen LogP) is 7.81. The highest BCUT2D eigenvalue weighted by atomic mass is 28.4. The third-order valence-corrected chi connectivity index (χ3v) is 20.9. The van der Waals surface area contributed by atoms with Crippen LogP contribution in [-0.2, 0) is 23.1 Å². The molecule has 0 unspecified atom stereocenters. The van der Waals surface area contributed by atoms with Crippen LogP contribution in [0.1, 0.15) is 89.5 Å². The summed E-state index contributed by atoms with van der Waals surface area (Å²) in [6.07, 6.45) is 2.22. The van der Waals surface area contributed by atoms with Gasteiger partial charge in [-0.3, -0.25) is 4.79 Å². The first-order chi connectivity index (χ1) is 19.4. The minimum absolute atomic E-state index is 0.00999. The summed E-state index contributed by atoms with van der Waals surface area (Å²) in [4.78, 5) is 31.8. The maximum absolute atomic E-state index is 14.0. The van der Waals surface area contributed by atoms with Crippen molar-refractivity contribution in [3.8, 4) is 0 Å². The maximum atomic E-state index is 14.0. The molecule has 0 spiro atoms. The van der Waals surface area contributed by atoms with Gasteiger partial charge in [0.05, 0.1) is 25.5 Å². The molecule has 1 aliphatic heterocycles. The Kier molecular flexibility index (Phi) is 11.6. The molecule has 250 valence electrons. The summed E-state index contributed by atoms with van der Waals surface area (Å²) in [5.41, 5.74) is -0.537. The first kappa shape index (κ1) is 37.8. The van der Waals surface area contributed by atoms with E-state index in [9.17, 15) is 9.59 Å². The monoisotopic (exact) mass is 640 g/mol. The summed E-state index contributed by atoms with van der Waals surface area (Å²) in [5, 5.41) is 0.00999. The molecular weight excluding hydrogens is 577 g/mol. The van der Waals surface area contributed by atoms with Gasteiger partial charge in [0.25, 0.3) is 0 Å². The van der Waals surface area contributed by atoms with E-state index in [0.717, 1.165) is 5.76 Å². The van der Waals surface area contributed by atoms with Crippen molar-refractivity contribution in [3.05, 3.63) is 11.8 Å². The zero-order chi connectivity index (χ0) is 33.5. The molecule has 10 heteroatoms. The van der Waals surface area contributed by atoms with Crippen molar-refractivity contribution in [1.82, 2.24) is 9.80 Å². The number of allylic oxidation sites excluding steroid dienone is 1. The highest BCUT2D eigenvalue weighted by molar-refractivity contribution is 6.77. The molecule has 1 aliphatic carbocycles.